The summed E-state index contributed by atoms with van der Waals surface area (Å²) in [7, 11) is 0. The highest BCUT2D eigenvalue weighted by Gasteiger charge is 2.39. The highest BCUT2D eigenvalue weighted by Crippen LogP contribution is 2.46. The molecule has 0 spiro atoms. The van der Waals surface area contributed by atoms with Gasteiger partial charge in [0.1, 0.15) is 0 Å². The summed E-state index contributed by atoms with van der Waals surface area (Å²) in [4.78, 5) is 10.5. The molecular weight excluding hydrogens is 164 g/mol. The fourth-order valence-corrected chi connectivity index (χ4v) is 1.64. The normalized spacial score (nSPS) is 25.6. The van der Waals surface area contributed by atoms with Crippen LogP contribution in [0.3, 0.4) is 0 Å². The molecule has 1 aromatic carbocycles. The van der Waals surface area contributed by atoms with Gasteiger partial charge in [0.05, 0.1) is 0 Å². The van der Waals surface area contributed by atoms with E-state index in [1.165, 1.54) is 5.56 Å². The molecule has 2 rings (SSSR count). The number of hydrogen-bond acceptors (Lipinski definition) is 2. The Morgan fingerprint density at radius 3 is 2.46 bits per heavy atom. The average molecular weight is 175 g/mol. The first kappa shape index (κ1) is 8.30. The standard InChI is InChI=1S/C11H12O2/c1-7-2-4-8(5-3-7)9-6-10(9)11(12)13/h2-5,9-10H,6H2,1H3,(H,12,13)/p-1/t9-,10+/m1/s1. The van der Waals surface area contributed by atoms with Crippen molar-refractivity contribution >= 4 is 5.97 Å². The predicted molar refractivity (Wildman–Crippen MR) is 47.0 cm³/mol. The largest absolute Gasteiger partial charge is 0.550 e. The van der Waals surface area contributed by atoms with Gasteiger partial charge in [-0.3, -0.25) is 0 Å². The summed E-state index contributed by atoms with van der Waals surface area (Å²) in [6.07, 6.45) is 0.741. The Hall–Kier alpha value is -1.31. The minimum Gasteiger partial charge on any atom is -0.550 e. The van der Waals surface area contributed by atoms with Gasteiger partial charge in [0.25, 0.3) is 0 Å². The predicted octanol–water partition coefficient (Wildman–Crippen LogP) is 0.848. The fraction of sp³-hybridized carbons (Fsp3) is 0.364. The van der Waals surface area contributed by atoms with Crippen LogP contribution in [0.15, 0.2) is 24.3 Å². The van der Waals surface area contributed by atoms with Crippen molar-refractivity contribution in [3.05, 3.63) is 35.4 Å². The van der Waals surface area contributed by atoms with E-state index in [1.54, 1.807) is 0 Å². The van der Waals surface area contributed by atoms with Gasteiger partial charge in [-0.05, 0) is 24.8 Å². The Labute approximate surface area is 77.2 Å². The molecule has 0 radical (unpaired) electrons. The summed E-state index contributed by atoms with van der Waals surface area (Å²) in [6, 6.07) is 8.03. The summed E-state index contributed by atoms with van der Waals surface area (Å²) in [5.41, 5.74) is 2.33. The lowest BCUT2D eigenvalue weighted by molar-refractivity contribution is -0.308. The molecule has 1 fully saturated rings. The monoisotopic (exact) mass is 175 g/mol. The molecule has 0 aliphatic heterocycles. The molecule has 68 valence electrons. The number of aliphatic carboxylic acids is 1. The van der Waals surface area contributed by atoms with Gasteiger partial charge in [0, 0.05) is 11.9 Å². The number of benzene rings is 1. The first-order valence-electron chi connectivity index (χ1n) is 4.46. The molecule has 1 aliphatic rings. The number of hydrogen-bond donors (Lipinski definition) is 0. The van der Waals surface area contributed by atoms with Crippen LogP contribution in [-0.2, 0) is 4.79 Å². The first-order valence-corrected chi connectivity index (χ1v) is 4.46. The van der Waals surface area contributed by atoms with E-state index < -0.39 is 5.97 Å². The van der Waals surface area contributed by atoms with Crippen LogP contribution >= 0.6 is 0 Å². The molecule has 0 amide bonds. The van der Waals surface area contributed by atoms with Crippen molar-refractivity contribution in [2.75, 3.05) is 0 Å². The number of aryl methyl sites for hydroxylation is 1. The second-order valence-corrected chi connectivity index (χ2v) is 3.68. The van der Waals surface area contributed by atoms with Crippen molar-refractivity contribution in [3.63, 3.8) is 0 Å². The van der Waals surface area contributed by atoms with Gasteiger partial charge in [-0.2, -0.15) is 0 Å². The molecule has 0 unspecified atom stereocenters. The van der Waals surface area contributed by atoms with Crippen LogP contribution in [0.2, 0.25) is 0 Å². The lowest BCUT2D eigenvalue weighted by Crippen LogP contribution is -2.24. The number of carboxylic acids is 1. The summed E-state index contributed by atoms with van der Waals surface area (Å²) in [6.45, 7) is 2.02. The van der Waals surface area contributed by atoms with E-state index in [-0.39, 0.29) is 11.8 Å². The van der Waals surface area contributed by atoms with Crippen LogP contribution in [0, 0.1) is 12.8 Å². The van der Waals surface area contributed by atoms with E-state index in [2.05, 4.69) is 0 Å². The van der Waals surface area contributed by atoms with E-state index in [0.29, 0.717) is 0 Å². The quantitative estimate of drug-likeness (QED) is 0.668. The fourth-order valence-electron chi connectivity index (χ4n) is 1.64. The van der Waals surface area contributed by atoms with Gasteiger partial charge < -0.3 is 9.90 Å². The van der Waals surface area contributed by atoms with Crippen LogP contribution in [0.25, 0.3) is 0 Å². The topological polar surface area (TPSA) is 40.1 Å². The van der Waals surface area contributed by atoms with Gasteiger partial charge >= 0.3 is 0 Å². The molecule has 1 saturated carbocycles. The van der Waals surface area contributed by atoms with E-state index >= 15 is 0 Å². The Bertz CT molecular complexity index is 326. The smallest absolute Gasteiger partial charge is 0.0451 e. The molecule has 0 N–H and O–H groups in total. The number of carbonyl (C=O) groups excluding carboxylic acids is 1. The summed E-state index contributed by atoms with van der Waals surface area (Å²) >= 11 is 0. The van der Waals surface area contributed by atoms with E-state index in [4.69, 9.17) is 0 Å². The second kappa shape index (κ2) is 2.87. The number of carbonyl (C=O) groups is 1. The summed E-state index contributed by atoms with van der Waals surface area (Å²) in [5.74, 6) is -0.959. The molecule has 2 atom stereocenters. The Kier molecular flexibility index (Phi) is 1.83. The molecule has 0 aromatic heterocycles. The Balaban J connectivity index is 2.12. The third kappa shape index (κ3) is 1.57. The highest BCUT2D eigenvalue weighted by molar-refractivity contribution is 5.73. The van der Waals surface area contributed by atoms with Gasteiger partial charge in [-0.1, -0.05) is 29.8 Å². The van der Waals surface area contributed by atoms with Crippen molar-refractivity contribution in [1.82, 2.24) is 0 Å². The van der Waals surface area contributed by atoms with Crippen LogP contribution in [0.1, 0.15) is 23.5 Å². The number of carboxylic acid groups (broad SMARTS) is 1. The van der Waals surface area contributed by atoms with Crippen LogP contribution < -0.4 is 5.11 Å². The Morgan fingerprint density at radius 2 is 2.00 bits per heavy atom. The van der Waals surface area contributed by atoms with Crippen LogP contribution in [0.4, 0.5) is 0 Å². The SMILES string of the molecule is Cc1ccc([C@H]2C[C@@H]2C(=O)[O-])cc1. The van der Waals surface area contributed by atoms with Crippen molar-refractivity contribution in [2.45, 2.75) is 19.3 Å². The van der Waals surface area contributed by atoms with Gasteiger partial charge in [-0.15, -0.1) is 0 Å². The molecule has 1 aliphatic carbocycles. The molecule has 0 bridgehead atoms. The minimum absolute atomic E-state index is 0.200. The third-order valence-corrected chi connectivity index (χ3v) is 2.60. The molecule has 0 heterocycles. The second-order valence-electron chi connectivity index (χ2n) is 3.68. The molecule has 1 aromatic rings. The lowest BCUT2D eigenvalue weighted by Gasteiger charge is -2.01. The van der Waals surface area contributed by atoms with Gasteiger partial charge in [0.2, 0.25) is 0 Å². The first-order chi connectivity index (χ1) is 6.18. The maximum atomic E-state index is 10.5. The van der Waals surface area contributed by atoms with E-state index in [0.717, 1.165) is 12.0 Å². The Morgan fingerprint density at radius 1 is 1.38 bits per heavy atom. The lowest BCUT2D eigenvalue weighted by atomic mass is 10.1. The minimum atomic E-state index is -0.912. The maximum Gasteiger partial charge on any atom is 0.0451 e. The zero-order valence-corrected chi connectivity index (χ0v) is 7.49. The van der Waals surface area contributed by atoms with E-state index in [1.807, 2.05) is 31.2 Å². The van der Waals surface area contributed by atoms with Crippen LogP contribution in [0.5, 0.6) is 0 Å². The zero-order valence-electron chi connectivity index (χ0n) is 7.49. The summed E-state index contributed by atoms with van der Waals surface area (Å²) < 4.78 is 0. The molecule has 2 heteroatoms. The van der Waals surface area contributed by atoms with Gasteiger partial charge in [0.15, 0.2) is 0 Å². The molecule has 0 saturated heterocycles. The maximum absolute atomic E-state index is 10.5. The number of rotatable bonds is 2. The van der Waals surface area contributed by atoms with Crippen molar-refractivity contribution in [1.29, 1.82) is 0 Å². The van der Waals surface area contributed by atoms with E-state index in [9.17, 15) is 9.90 Å². The molecule has 13 heavy (non-hydrogen) atoms. The highest BCUT2D eigenvalue weighted by atomic mass is 16.4. The van der Waals surface area contributed by atoms with Crippen molar-refractivity contribution < 1.29 is 9.90 Å². The average Bonchev–Trinajstić information content (AvgIpc) is 2.85. The summed E-state index contributed by atoms with van der Waals surface area (Å²) in [5, 5.41) is 10.5. The van der Waals surface area contributed by atoms with Crippen LogP contribution in [-0.4, -0.2) is 5.97 Å². The van der Waals surface area contributed by atoms with Crippen molar-refractivity contribution in [3.8, 4) is 0 Å². The third-order valence-electron chi connectivity index (χ3n) is 2.60. The zero-order chi connectivity index (χ0) is 9.42. The molecule has 2 nitrogen and oxygen atoms in total. The van der Waals surface area contributed by atoms with Gasteiger partial charge in [-0.25, -0.2) is 0 Å². The van der Waals surface area contributed by atoms with Crippen molar-refractivity contribution in [2.24, 2.45) is 5.92 Å². The molecular formula is C11H11O2-.